The second kappa shape index (κ2) is 9.84. The lowest BCUT2D eigenvalue weighted by Crippen LogP contribution is -2.26. The lowest BCUT2D eigenvalue weighted by atomic mass is 10.2. The summed E-state index contributed by atoms with van der Waals surface area (Å²) >= 11 is 7.04. The first-order valence-electron chi connectivity index (χ1n) is 9.23. The number of esters is 1. The first-order valence-corrected chi connectivity index (χ1v) is 10.5. The molecule has 32 heavy (non-hydrogen) atoms. The van der Waals surface area contributed by atoms with Crippen molar-refractivity contribution in [2.45, 2.75) is 16.6 Å². The molecule has 3 amide bonds. The molecule has 2 aromatic rings. The molecule has 3 rings (SSSR count). The van der Waals surface area contributed by atoms with E-state index in [0.29, 0.717) is 4.90 Å². The highest BCUT2D eigenvalue weighted by Crippen LogP contribution is 2.33. The quantitative estimate of drug-likeness (QED) is 0.460. The average molecular weight is 477 g/mol. The monoisotopic (exact) mass is 476 g/mol. The van der Waals surface area contributed by atoms with Crippen LogP contribution >= 0.6 is 23.4 Å². The molecule has 2 N–H and O–H groups in total. The summed E-state index contributed by atoms with van der Waals surface area (Å²) in [5.74, 6) is -3.34. The van der Waals surface area contributed by atoms with Crippen LogP contribution in [0.3, 0.4) is 0 Å². The molecule has 9 nitrogen and oxygen atoms in total. The van der Waals surface area contributed by atoms with Crippen LogP contribution in [-0.4, -0.2) is 58.6 Å². The van der Waals surface area contributed by atoms with Gasteiger partial charge >= 0.3 is 11.9 Å². The fourth-order valence-corrected chi connectivity index (χ4v) is 4.25. The van der Waals surface area contributed by atoms with Crippen LogP contribution in [0.15, 0.2) is 47.4 Å². The number of halogens is 1. The summed E-state index contributed by atoms with van der Waals surface area (Å²) in [7, 11) is 1.41. The first kappa shape index (κ1) is 23.3. The van der Waals surface area contributed by atoms with Crippen molar-refractivity contribution in [2.75, 3.05) is 19.0 Å². The van der Waals surface area contributed by atoms with E-state index in [4.69, 9.17) is 21.4 Å². The highest BCUT2D eigenvalue weighted by molar-refractivity contribution is 8.00. The molecular weight excluding hydrogens is 460 g/mol. The molecule has 166 valence electrons. The van der Waals surface area contributed by atoms with Crippen molar-refractivity contribution in [3.8, 4) is 0 Å². The van der Waals surface area contributed by atoms with Gasteiger partial charge in [-0.05, 0) is 30.3 Å². The maximum absolute atomic E-state index is 12.5. The number of hydrogen-bond donors (Lipinski definition) is 2. The molecule has 1 saturated heterocycles. The Hall–Kier alpha value is -3.37. The van der Waals surface area contributed by atoms with E-state index in [2.05, 4.69) is 5.32 Å². The van der Waals surface area contributed by atoms with Gasteiger partial charge in [0, 0.05) is 18.4 Å². The molecule has 1 heterocycles. The van der Waals surface area contributed by atoms with Gasteiger partial charge < -0.3 is 15.2 Å². The average Bonchev–Trinajstić information content (AvgIpc) is 3.00. The summed E-state index contributed by atoms with van der Waals surface area (Å²) < 4.78 is 5.07. The number of carboxylic acids is 1. The molecule has 11 heteroatoms. The van der Waals surface area contributed by atoms with Crippen LogP contribution < -0.4 is 5.32 Å². The Kier molecular flexibility index (Phi) is 7.16. The predicted molar refractivity (Wildman–Crippen MR) is 116 cm³/mol. The fourth-order valence-electron chi connectivity index (χ4n) is 2.85. The molecule has 0 saturated carbocycles. The molecular formula is C21H17ClN2O7S. The maximum Gasteiger partial charge on any atom is 0.339 e. The second-order valence-electron chi connectivity index (χ2n) is 6.72. The number of ether oxygens (including phenoxy) is 1. The zero-order valence-corrected chi connectivity index (χ0v) is 18.2. The van der Waals surface area contributed by atoms with Crippen molar-refractivity contribution in [3.05, 3.63) is 58.6 Å². The van der Waals surface area contributed by atoms with Crippen LogP contribution in [0.5, 0.6) is 0 Å². The van der Waals surface area contributed by atoms with Gasteiger partial charge in [-0.25, -0.2) is 9.59 Å². The summed E-state index contributed by atoms with van der Waals surface area (Å²) in [4.78, 5) is 61.1. The largest absolute Gasteiger partial charge is 0.478 e. The van der Waals surface area contributed by atoms with E-state index in [9.17, 15) is 24.0 Å². The molecule has 1 atom stereocenters. The van der Waals surface area contributed by atoms with Crippen molar-refractivity contribution in [1.29, 1.82) is 0 Å². The number of rotatable bonds is 7. The van der Waals surface area contributed by atoms with Crippen LogP contribution in [0, 0.1) is 0 Å². The SMILES string of the molecule is CN1C(=O)CC(Sc2ccccc2C(=O)OCC(=O)Nc2cc(C(=O)O)ccc2Cl)C1=O. The van der Waals surface area contributed by atoms with Crippen molar-refractivity contribution in [2.24, 2.45) is 0 Å². The number of imide groups is 1. The molecule has 0 spiro atoms. The number of anilines is 1. The van der Waals surface area contributed by atoms with E-state index in [1.807, 2.05) is 0 Å². The number of nitrogens with zero attached hydrogens (tertiary/aromatic N) is 1. The van der Waals surface area contributed by atoms with Crippen molar-refractivity contribution in [3.63, 3.8) is 0 Å². The summed E-state index contributed by atoms with van der Waals surface area (Å²) in [5, 5.41) is 10.9. The predicted octanol–water partition coefficient (Wildman–Crippen LogP) is 2.68. The smallest absolute Gasteiger partial charge is 0.339 e. The van der Waals surface area contributed by atoms with Gasteiger partial charge in [0.15, 0.2) is 6.61 Å². The lowest BCUT2D eigenvalue weighted by molar-refractivity contribution is -0.136. The zero-order chi connectivity index (χ0) is 23.4. The van der Waals surface area contributed by atoms with Crippen LogP contribution in [0.1, 0.15) is 27.1 Å². The van der Waals surface area contributed by atoms with Gasteiger partial charge in [0.2, 0.25) is 11.8 Å². The number of thioether (sulfide) groups is 1. The number of likely N-dealkylation sites (tertiary alicyclic amines) is 1. The van der Waals surface area contributed by atoms with Gasteiger partial charge in [0.25, 0.3) is 5.91 Å². The molecule has 1 aliphatic heterocycles. The van der Waals surface area contributed by atoms with Crippen LogP contribution in [-0.2, 0) is 19.1 Å². The van der Waals surface area contributed by atoms with Crippen LogP contribution in [0.25, 0.3) is 0 Å². The fraction of sp³-hybridized carbons (Fsp3) is 0.190. The molecule has 2 aromatic carbocycles. The Balaban J connectivity index is 1.64. The molecule has 0 aliphatic carbocycles. The van der Waals surface area contributed by atoms with E-state index in [0.717, 1.165) is 16.7 Å². The van der Waals surface area contributed by atoms with Gasteiger partial charge in [-0.2, -0.15) is 0 Å². The maximum atomic E-state index is 12.5. The Bertz CT molecular complexity index is 1120. The Morgan fingerprint density at radius 1 is 1.22 bits per heavy atom. The zero-order valence-electron chi connectivity index (χ0n) is 16.7. The number of carbonyl (C=O) groups is 5. The van der Waals surface area contributed by atoms with E-state index in [1.165, 1.54) is 31.3 Å². The van der Waals surface area contributed by atoms with Crippen molar-refractivity contribution < 1.29 is 33.8 Å². The highest BCUT2D eigenvalue weighted by Gasteiger charge is 2.37. The highest BCUT2D eigenvalue weighted by atomic mass is 35.5. The van der Waals surface area contributed by atoms with E-state index < -0.39 is 29.7 Å². The summed E-state index contributed by atoms with van der Waals surface area (Å²) in [5.41, 5.74) is 0.140. The van der Waals surface area contributed by atoms with Gasteiger partial charge in [0.05, 0.1) is 27.1 Å². The Morgan fingerprint density at radius 2 is 1.94 bits per heavy atom. The normalized spacial score (nSPS) is 15.6. The summed E-state index contributed by atoms with van der Waals surface area (Å²) in [6.07, 6.45) is 0.0297. The second-order valence-corrected chi connectivity index (χ2v) is 8.37. The Labute approximate surface area is 191 Å². The minimum Gasteiger partial charge on any atom is -0.478 e. The van der Waals surface area contributed by atoms with Crippen LogP contribution in [0.2, 0.25) is 5.02 Å². The number of aromatic carboxylic acids is 1. The third kappa shape index (κ3) is 5.27. The number of carboxylic acid groups (broad SMARTS) is 1. The summed E-state index contributed by atoms with van der Waals surface area (Å²) in [6.45, 7) is -0.644. The molecule has 0 bridgehead atoms. The first-order chi connectivity index (χ1) is 15.2. The number of amides is 3. The third-order valence-electron chi connectivity index (χ3n) is 4.54. The topological polar surface area (TPSA) is 130 Å². The van der Waals surface area contributed by atoms with E-state index in [1.54, 1.807) is 18.2 Å². The Morgan fingerprint density at radius 3 is 2.59 bits per heavy atom. The molecule has 0 aromatic heterocycles. The van der Waals surface area contributed by atoms with Crippen molar-refractivity contribution in [1.82, 2.24) is 4.90 Å². The van der Waals surface area contributed by atoms with E-state index in [-0.39, 0.29) is 40.1 Å². The molecule has 0 radical (unpaired) electrons. The standard InChI is InChI=1S/C21H17ClN2O7S/c1-24-18(26)9-16(19(24)27)32-15-5-3-2-4-12(15)21(30)31-10-17(25)23-14-8-11(20(28)29)6-7-13(14)22/h2-8,16H,9-10H2,1H3,(H,23,25)(H,28,29). The number of hydrogen-bond acceptors (Lipinski definition) is 7. The minimum absolute atomic E-state index is 0.0297. The summed E-state index contributed by atoms with van der Waals surface area (Å²) in [6, 6.07) is 10.2. The minimum atomic E-state index is -1.19. The van der Waals surface area contributed by atoms with Gasteiger partial charge in [-0.3, -0.25) is 19.3 Å². The van der Waals surface area contributed by atoms with Gasteiger partial charge in [-0.1, -0.05) is 23.7 Å². The van der Waals surface area contributed by atoms with Crippen molar-refractivity contribution >= 4 is 58.7 Å². The number of benzene rings is 2. The van der Waals surface area contributed by atoms with E-state index >= 15 is 0 Å². The lowest BCUT2D eigenvalue weighted by Gasteiger charge is -2.12. The molecule has 1 aliphatic rings. The molecule has 1 fully saturated rings. The van der Waals surface area contributed by atoms with Gasteiger partial charge in [-0.15, -0.1) is 11.8 Å². The van der Waals surface area contributed by atoms with Crippen LogP contribution in [0.4, 0.5) is 5.69 Å². The third-order valence-corrected chi connectivity index (χ3v) is 6.13. The van der Waals surface area contributed by atoms with Gasteiger partial charge in [0.1, 0.15) is 0 Å². The molecule has 1 unspecified atom stereocenters. The number of nitrogens with one attached hydrogen (secondary N) is 1. The number of carbonyl (C=O) groups excluding carboxylic acids is 4.